The minimum absolute atomic E-state index is 0.231. The van der Waals surface area contributed by atoms with Gasteiger partial charge in [0.1, 0.15) is 0 Å². The van der Waals surface area contributed by atoms with Crippen molar-refractivity contribution in [3.05, 3.63) is 20.8 Å². The smallest absolute Gasteiger partial charge is 0.0566 e. The topological polar surface area (TPSA) is 49.5 Å². The Morgan fingerprint density at radius 3 is 2.65 bits per heavy atom. The minimum Gasteiger partial charge on any atom is -0.396 e. The Labute approximate surface area is 116 Å². The number of thiophene rings is 1. The molecule has 98 valence electrons. The van der Waals surface area contributed by atoms with Crippen LogP contribution in [0.1, 0.15) is 31.2 Å². The second-order valence-corrected chi connectivity index (χ2v) is 6.19. The van der Waals surface area contributed by atoms with E-state index in [0.29, 0.717) is 12.6 Å². The Hall–Kier alpha value is 0.0600. The monoisotopic (exact) mass is 320 g/mol. The maximum absolute atomic E-state index is 8.96. The predicted molar refractivity (Wildman–Crippen MR) is 77.4 cm³/mol. The highest BCUT2D eigenvalue weighted by Crippen LogP contribution is 2.30. The molecule has 1 aromatic rings. The summed E-state index contributed by atoms with van der Waals surface area (Å²) < 4.78 is 1.11. The Bertz CT molecular complexity index is 330. The number of nitrogens with two attached hydrogens (primary N) is 1. The summed E-state index contributed by atoms with van der Waals surface area (Å²) in [6.07, 6.45) is 0.793. The summed E-state index contributed by atoms with van der Waals surface area (Å²) in [6.45, 7) is 6.06. The third-order valence-electron chi connectivity index (χ3n) is 2.78. The molecular weight excluding hydrogens is 300 g/mol. The zero-order valence-corrected chi connectivity index (χ0v) is 12.8. The first-order valence-corrected chi connectivity index (χ1v) is 7.58. The number of nitrogens with zero attached hydrogens (tertiary/aromatic N) is 1. The highest BCUT2D eigenvalue weighted by atomic mass is 79.9. The molecule has 0 aliphatic rings. The third-order valence-corrected chi connectivity index (χ3v) is 4.57. The first kappa shape index (κ1) is 15.1. The van der Waals surface area contributed by atoms with E-state index in [9.17, 15) is 0 Å². The number of hydrogen-bond acceptors (Lipinski definition) is 4. The van der Waals surface area contributed by atoms with Gasteiger partial charge in [-0.2, -0.15) is 0 Å². The number of rotatable bonds is 7. The Morgan fingerprint density at radius 2 is 2.24 bits per heavy atom. The predicted octanol–water partition coefficient (Wildman–Crippen LogP) is 2.60. The molecule has 1 rings (SSSR count). The van der Waals surface area contributed by atoms with E-state index in [1.807, 2.05) is 0 Å². The van der Waals surface area contributed by atoms with Gasteiger partial charge in [-0.1, -0.05) is 0 Å². The van der Waals surface area contributed by atoms with Crippen molar-refractivity contribution in [2.75, 3.05) is 19.7 Å². The molecule has 0 aliphatic heterocycles. The zero-order chi connectivity index (χ0) is 12.8. The summed E-state index contributed by atoms with van der Waals surface area (Å²) in [7, 11) is 0. The average molecular weight is 321 g/mol. The van der Waals surface area contributed by atoms with Crippen LogP contribution >= 0.6 is 27.3 Å². The van der Waals surface area contributed by atoms with E-state index in [1.165, 1.54) is 4.88 Å². The molecule has 1 unspecified atom stereocenters. The average Bonchev–Trinajstić information content (AvgIpc) is 2.70. The number of aliphatic hydroxyl groups is 1. The third kappa shape index (κ3) is 4.34. The standard InChI is InChI=1S/C12H21BrN2OS/c1-9(2)15(4-3-5-16)11(7-14)12-6-10(13)8-17-12/h6,8-9,11,16H,3-5,7,14H2,1-2H3. The molecule has 1 atom stereocenters. The maximum atomic E-state index is 8.96. The van der Waals surface area contributed by atoms with Gasteiger partial charge in [-0.15, -0.1) is 11.3 Å². The van der Waals surface area contributed by atoms with Crippen LogP contribution in [0.5, 0.6) is 0 Å². The molecule has 0 saturated carbocycles. The molecule has 0 spiro atoms. The van der Waals surface area contributed by atoms with Gasteiger partial charge >= 0.3 is 0 Å². The fourth-order valence-electron chi connectivity index (χ4n) is 1.95. The van der Waals surface area contributed by atoms with Crippen molar-refractivity contribution in [3.8, 4) is 0 Å². The molecule has 5 heteroatoms. The fourth-order valence-corrected chi connectivity index (χ4v) is 3.52. The summed E-state index contributed by atoms with van der Waals surface area (Å²) in [5.41, 5.74) is 5.91. The van der Waals surface area contributed by atoms with Gasteiger partial charge in [-0.25, -0.2) is 0 Å². The molecule has 0 bridgehead atoms. The van der Waals surface area contributed by atoms with E-state index in [-0.39, 0.29) is 12.6 Å². The van der Waals surface area contributed by atoms with Crippen LogP contribution in [0.25, 0.3) is 0 Å². The van der Waals surface area contributed by atoms with Crippen LogP contribution < -0.4 is 5.73 Å². The highest BCUT2D eigenvalue weighted by molar-refractivity contribution is 9.10. The van der Waals surface area contributed by atoms with E-state index < -0.39 is 0 Å². The van der Waals surface area contributed by atoms with Crippen molar-refractivity contribution in [2.45, 2.75) is 32.4 Å². The quantitative estimate of drug-likeness (QED) is 0.812. The molecule has 0 aliphatic carbocycles. The fraction of sp³-hybridized carbons (Fsp3) is 0.667. The second-order valence-electron chi connectivity index (χ2n) is 4.33. The van der Waals surface area contributed by atoms with Crippen molar-refractivity contribution < 1.29 is 5.11 Å². The van der Waals surface area contributed by atoms with E-state index in [0.717, 1.165) is 17.4 Å². The molecule has 0 amide bonds. The van der Waals surface area contributed by atoms with Crippen molar-refractivity contribution in [3.63, 3.8) is 0 Å². The first-order valence-electron chi connectivity index (χ1n) is 5.90. The van der Waals surface area contributed by atoms with Crippen LogP contribution in [0.4, 0.5) is 0 Å². The van der Waals surface area contributed by atoms with Crippen LogP contribution in [0.15, 0.2) is 15.9 Å². The van der Waals surface area contributed by atoms with E-state index in [4.69, 9.17) is 10.8 Å². The SMILES string of the molecule is CC(C)N(CCCO)C(CN)c1cc(Br)cs1. The van der Waals surface area contributed by atoms with E-state index in [1.54, 1.807) is 11.3 Å². The van der Waals surface area contributed by atoms with Gasteiger partial charge in [0.25, 0.3) is 0 Å². The lowest BCUT2D eigenvalue weighted by Crippen LogP contribution is -2.39. The number of hydrogen-bond donors (Lipinski definition) is 2. The lowest BCUT2D eigenvalue weighted by Gasteiger charge is -2.33. The number of halogens is 1. The Balaban J connectivity index is 2.81. The van der Waals surface area contributed by atoms with Gasteiger partial charge < -0.3 is 10.8 Å². The van der Waals surface area contributed by atoms with Gasteiger partial charge in [0, 0.05) is 40.5 Å². The van der Waals surface area contributed by atoms with Gasteiger partial charge in [0.05, 0.1) is 6.04 Å². The van der Waals surface area contributed by atoms with Gasteiger partial charge in [0.15, 0.2) is 0 Å². The van der Waals surface area contributed by atoms with Crippen molar-refractivity contribution in [1.29, 1.82) is 0 Å². The molecule has 1 heterocycles. The summed E-state index contributed by atoms with van der Waals surface area (Å²) in [5, 5.41) is 11.0. The molecular formula is C12H21BrN2OS. The van der Waals surface area contributed by atoms with Gasteiger partial charge in [-0.3, -0.25) is 4.90 Å². The lowest BCUT2D eigenvalue weighted by molar-refractivity contribution is 0.143. The van der Waals surface area contributed by atoms with Crippen LogP contribution in [0.2, 0.25) is 0 Å². The lowest BCUT2D eigenvalue weighted by atomic mass is 10.1. The number of aliphatic hydroxyl groups excluding tert-OH is 1. The normalized spacial score (nSPS) is 13.6. The maximum Gasteiger partial charge on any atom is 0.0566 e. The molecule has 3 N–H and O–H groups in total. The highest BCUT2D eigenvalue weighted by Gasteiger charge is 2.22. The largest absolute Gasteiger partial charge is 0.396 e. The van der Waals surface area contributed by atoms with Gasteiger partial charge in [-0.05, 0) is 42.3 Å². The van der Waals surface area contributed by atoms with Crippen molar-refractivity contribution in [2.24, 2.45) is 5.73 Å². The van der Waals surface area contributed by atoms with Crippen molar-refractivity contribution in [1.82, 2.24) is 4.90 Å². The summed E-state index contributed by atoms with van der Waals surface area (Å²) in [6, 6.07) is 2.81. The Morgan fingerprint density at radius 1 is 1.53 bits per heavy atom. The van der Waals surface area contributed by atoms with Gasteiger partial charge in [0.2, 0.25) is 0 Å². The minimum atomic E-state index is 0.231. The molecule has 0 saturated heterocycles. The van der Waals surface area contributed by atoms with Crippen molar-refractivity contribution >= 4 is 27.3 Å². The first-order chi connectivity index (χ1) is 8.10. The molecule has 0 aromatic carbocycles. The zero-order valence-electron chi connectivity index (χ0n) is 10.4. The second kappa shape index (κ2) is 7.48. The van der Waals surface area contributed by atoms with Crippen LogP contribution in [0.3, 0.4) is 0 Å². The van der Waals surface area contributed by atoms with E-state index in [2.05, 4.69) is 46.1 Å². The molecule has 17 heavy (non-hydrogen) atoms. The van der Waals surface area contributed by atoms with Crippen LogP contribution in [-0.4, -0.2) is 35.7 Å². The Kier molecular flexibility index (Phi) is 6.66. The molecule has 0 radical (unpaired) electrons. The van der Waals surface area contributed by atoms with E-state index >= 15 is 0 Å². The van der Waals surface area contributed by atoms with Crippen LogP contribution in [-0.2, 0) is 0 Å². The molecule has 0 fully saturated rings. The summed E-state index contributed by atoms with van der Waals surface area (Å²) >= 11 is 5.21. The molecule has 1 aromatic heterocycles. The summed E-state index contributed by atoms with van der Waals surface area (Å²) in [4.78, 5) is 3.64. The van der Waals surface area contributed by atoms with Crippen LogP contribution in [0, 0.1) is 0 Å². The summed E-state index contributed by atoms with van der Waals surface area (Å²) in [5.74, 6) is 0. The molecule has 3 nitrogen and oxygen atoms in total.